The molecule has 0 aromatic heterocycles. The van der Waals surface area contributed by atoms with E-state index in [1.54, 1.807) is 24.3 Å². The number of carbonyl (C=O) groups is 1. The second kappa shape index (κ2) is 10.8. The first-order chi connectivity index (χ1) is 16.5. The number of allylic oxidation sites excluding steroid dienone is 1. The average molecular weight is 488 g/mol. The summed E-state index contributed by atoms with van der Waals surface area (Å²) in [4.78, 5) is 11.2. The lowest BCUT2D eigenvalue weighted by atomic mass is 9.99. The lowest BCUT2D eigenvalue weighted by Crippen LogP contribution is -2.61. The molecule has 0 bridgehead atoms. The number of benzene rings is 2. The summed E-state index contributed by atoms with van der Waals surface area (Å²) >= 11 is 0. The van der Waals surface area contributed by atoms with Crippen LogP contribution in [0.25, 0.3) is 18.2 Å². The highest BCUT2D eigenvalue weighted by atomic mass is 16.7. The third-order valence-corrected chi connectivity index (χ3v) is 5.37. The van der Waals surface area contributed by atoms with E-state index >= 15 is 0 Å². The zero-order chi connectivity index (χ0) is 25.9. The van der Waals surface area contributed by atoms with Crippen LogP contribution in [-0.4, -0.2) is 72.4 Å². The molecule has 0 radical (unpaired) electrons. The second-order valence-electron chi connectivity index (χ2n) is 8.45. The number of carboxylic acids is 1. The van der Waals surface area contributed by atoms with Gasteiger partial charge in [0.05, 0.1) is 5.56 Å². The lowest BCUT2D eigenvalue weighted by Gasteiger charge is -2.38. The van der Waals surface area contributed by atoms with E-state index in [-0.39, 0.29) is 34.3 Å². The first kappa shape index (κ1) is 26.0. The minimum absolute atomic E-state index is 0.116. The monoisotopic (exact) mass is 488 g/mol. The van der Waals surface area contributed by atoms with Gasteiger partial charge in [-0.15, -0.1) is 0 Å². The van der Waals surface area contributed by atoms with E-state index in [1.165, 1.54) is 30.4 Å². The maximum atomic E-state index is 11.2. The molecule has 2 aromatic carbocycles. The molecule has 10 nitrogen and oxygen atoms in total. The normalized spacial score (nSPS) is 24.9. The van der Waals surface area contributed by atoms with Crippen molar-refractivity contribution in [2.24, 2.45) is 5.92 Å². The van der Waals surface area contributed by atoms with Gasteiger partial charge in [0.2, 0.25) is 6.29 Å². The average Bonchev–Trinajstić information content (AvgIpc) is 2.81. The van der Waals surface area contributed by atoms with E-state index < -0.39 is 42.4 Å². The molecule has 5 atom stereocenters. The first-order valence-electron chi connectivity index (χ1n) is 10.8. The highest BCUT2D eigenvalue weighted by Crippen LogP contribution is 2.40. The van der Waals surface area contributed by atoms with Gasteiger partial charge in [0.25, 0.3) is 0 Å². The summed E-state index contributed by atoms with van der Waals surface area (Å²) in [5.41, 5.74) is 0.946. The van der Waals surface area contributed by atoms with Crippen molar-refractivity contribution in [2.45, 2.75) is 44.6 Å². The van der Waals surface area contributed by atoms with Gasteiger partial charge in [-0.3, -0.25) is 0 Å². The molecule has 35 heavy (non-hydrogen) atoms. The van der Waals surface area contributed by atoms with Gasteiger partial charge in [0.15, 0.2) is 17.6 Å². The topological polar surface area (TPSA) is 177 Å². The maximum absolute atomic E-state index is 11.2. The Morgan fingerprint density at radius 1 is 0.943 bits per heavy atom. The number of phenols is 3. The fourth-order valence-electron chi connectivity index (χ4n) is 3.39. The first-order valence-corrected chi connectivity index (χ1v) is 10.8. The molecule has 1 aliphatic heterocycles. The number of aromatic hydroxyl groups is 3. The Bertz CT molecular complexity index is 1110. The van der Waals surface area contributed by atoms with Crippen LogP contribution in [0, 0.1) is 5.92 Å². The van der Waals surface area contributed by atoms with E-state index in [2.05, 4.69) is 0 Å². The second-order valence-corrected chi connectivity index (χ2v) is 8.45. The zero-order valence-corrected chi connectivity index (χ0v) is 19.0. The van der Waals surface area contributed by atoms with E-state index in [9.17, 15) is 35.4 Å². The van der Waals surface area contributed by atoms with Gasteiger partial charge in [-0.1, -0.05) is 50.3 Å². The Kier molecular flexibility index (Phi) is 8.03. The summed E-state index contributed by atoms with van der Waals surface area (Å²) in [5.74, 6) is -2.16. The number of carboxylic acid groups (broad SMARTS) is 1. The van der Waals surface area contributed by atoms with Gasteiger partial charge in [-0.25, -0.2) is 4.79 Å². The molecule has 5 unspecified atom stereocenters. The fourth-order valence-corrected chi connectivity index (χ4v) is 3.39. The number of aliphatic hydroxyl groups excluding tert-OH is 3. The van der Waals surface area contributed by atoms with Crippen LogP contribution in [0.1, 0.15) is 30.5 Å². The van der Waals surface area contributed by atoms with Crippen LogP contribution >= 0.6 is 0 Å². The molecule has 0 spiro atoms. The molecular weight excluding hydrogens is 460 g/mol. The predicted molar refractivity (Wildman–Crippen MR) is 126 cm³/mol. The van der Waals surface area contributed by atoms with Gasteiger partial charge in [-0.2, -0.15) is 0 Å². The Morgan fingerprint density at radius 2 is 1.60 bits per heavy atom. The summed E-state index contributed by atoms with van der Waals surface area (Å²) in [6, 6.07) is 7.54. The number of hydrogen-bond donors (Lipinski definition) is 7. The number of ether oxygens (including phenoxy) is 2. The van der Waals surface area contributed by atoms with Crippen LogP contribution in [0.5, 0.6) is 23.0 Å². The van der Waals surface area contributed by atoms with Crippen LogP contribution in [0.4, 0.5) is 0 Å². The standard InChI is InChI=1S/C25H28O10/c1-12(2)3-10-16-17(26)11-14(18(27)19(16)28)7-4-13-5-8-15(9-6-13)34-25-22(31)20(29)21(30)23(35-25)24(32)33/h3-12,20-23,25-31H,1-2H3,(H,32,33)/b7-4+,10-3+. The van der Waals surface area contributed by atoms with E-state index in [0.29, 0.717) is 5.56 Å². The van der Waals surface area contributed by atoms with Gasteiger partial charge < -0.3 is 45.2 Å². The van der Waals surface area contributed by atoms with Crippen molar-refractivity contribution in [3.05, 3.63) is 53.1 Å². The van der Waals surface area contributed by atoms with Crippen LogP contribution in [0.2, 0.25) is 0 Å². The summed E-state index contributed by atoms with van der Waals surface area (Å²) < 4.78 is 10.5. The summed E-state index contributed by atoms with van der Waals surface area (Å²) in [6.07, 6.45) is -2.16. The lowest BCUT2D eigenvalue weighted by molar-refractivity contribution is -0.271. The van der Waals surface area contributed by atoms with Crippen molar-refractivity contribution >= 4 is 24.2 Å². The summed E-state index contributed by atoms with van der Waals surface area (Å²) in [5, 5.41) is 69.6. The van der Waals surface area contributed by atoms with Crippen molar-refractivity contribution in [3.8, 4) is 23.0 Å². The Labute approximate surface area is 201 Å². The molecular formula is C25H28O10. The molecule has 10 heteroatoms. The molecule has 1 aliphatic rings. The molecule has 188 valence electrons. The summed E-state index contributed by atoms with van der Waals surface area (Å²) in [6.45, 7) is 3.87. The number of rotatable bonds is 7. The minimum atomic E-state index is -1.81. The van der Waals surface area contributed by atoms with Crippen molar-refractivity contribution in [3.63, 3.8) is 0 Å². The van der Waals surface area contributed by atoms with Crippen molar-refractivity contribution < 1.29 is 50.0 Å². The van der Waals surface area contributed by atoms with Gasteiger partial charge in [0.1, 0.15) is 29.8 Å². The van der Waals surface area contributed by atoms with Gasteiger partial charge in [0, 0.05) is 5.56 Å². The van der Waals surface area contributed by atoms with Crippen molar-refractivity contribution in [1.29, 1.82) is 0 Å². The molecule has 7 N–H and O–H groups in total. The smallest absolute Gasteiger partial charge is 0.335 e. The van der Waals surface area contributed by atoms with Crippen molar-refractivity contribution in [2.75, 3.05) is 0 Å². The molecule has 2 aromatic rings. The predicted octanol–water partition coefficient (Wildman–Crippen LogP) is 1.91. The molecule has 1 fully saturated rings. The van der Waals surface area contributed by atoms with Crippen LogP contribution < -0.4 is 4.74 Å². The largest absolute Gasteiger partial charge is 0.507 e. The molecule has 1 heterocycles. The van der Waals surface area contributed by atoms with Crippen LogP contribution in [0.3, 0.4) is 0 Å². The van der Waals surface area contributed by atoms with Crippen LogP contribution in [-0.2, 0) is 9.53 Å². The number of aliphatic hydroxyl groups is 3. The van der Waals surface area contributed by atoms with E-state index in [0.717, 1.165) is 0 Å². The Hall–Kier alpha value is -3.57. The third kappa shape index (κ3) is 5.92. The minimum Gasteiger partial charge on any atom is -0.507 e. The highest BCUT2D eigenvalue weighted by Gasteiger charge is 2.48. The van der Waals surface area contributed by atoms with E-state index in [1.807, 2.05) is 13.8 Å². The molecule has 3 rings (SSSR count). The molecule has 1 saturated heterocycles. The number of hydrogen-bond acceptors (Lipinski definition) is 9. The van der Waals surface area contributed by atoms with E-state index in [4.69, 9.17) is 14.6 Å². The Balaban J connectivity index is 1.73. The molecule has 0 aliphatic carbocycles. The van der Waals surface area contributed by atoms with Crippen molar-refractivity contribution in [1.82, 2.24) is 0 Å². The Morgan fingerprint density at radius 3 is 2.20 bits per heavy atom. The van der Waals surface area contributed by atoms with Crippen LogP contribution in [0.15, 0.2) is 36.4 Å². The summed E-state index contributed by atoms with van der Waals surface area (Å²) in [7, 11) is 0. The van der Waals surface area contributed by atoms with Gasteiger partial charge in [-0.05, 0) is 29.7 Å². The molecule has 0 amide bonds. The highest BCUT2D eigenvalue weighted by molar-refractivity contribution is 5.79. The zero-order valence-electron chi connectivity index (χ0n) is 19.0. The number of phenolic OH excluding ortho intramolecular Hbond substituents is 3. The quantitative estimate of drug-likeness (QED) is 0.173. The fraction of sp³-hybridized carbons (Fsp3) is 0.320. The maximum Gasteiger partial charge on any atom is 0.335 e. The molecule has 0 saturated carbocycles. The van der Waals surface area contributed by atoms with Gasteiger partial charge >= 0.3 is 5.97 Å². The number of aliphatic carboxylic acids is 1. The third-order valence-electron chi connectivity index (χ3n) is 5.37. The SMILES string of the molecule is CC(C)/C=C/c1c(O)cc(/C=C/c2ccc(OC3OC(C(=O)O)C(O)C(O)C3O)cc2)c(O)c1O.